The molecule has 0 spiro atoms. The van der Waals surface area contributed by atoms with Crippen molar-refractivity contribution in [1.29, 1.82) is 0 Å². The van der Waals surface area contributed by atoms with Gasteiger partial charge in [0.25, 0.3) is 5.91 Å². The molecule has 1 aliphatic rings. The minimum Gasteiger partial charge on any atom is -0.392 e. The van der Waals surface area contributed by atoms with Crippen molar-refractivity contribution in [2.45, 2.75) is 35.9 Å². The first kappa shape index (κ1) is 31.1. The number of para-hydroxylation sites is 1. The van der Waals surface area contributed by atoms with Gasteiger partial charge in [-0.3, -0.25) is 4.79 Å². The smallest absolute Gasteiger partial charge is 0.261 e. The van der Waals surface area contributed by atoms with E-state index in [4.69, 9.17) is 9.47 Å². The van der Waals surface area contributed by atoms with Gasteiger partial charge in [0.15, 0.2) is 33.9 Å². The molecular formula is C32H23F5N2O4S2. The molecule has 1 aliphatic heterocycles. The molecule has 1 amide bonds. The molecule has 3 atom stereocenters. The van der Waals surface area contributed by atoms with Crippen LogP contribution in [0.5, 0.6) is 0 Å². The van der Waals surface area contributed by atoms with Crippen LogP contribution < -0.4 is 5.32 Å². The van der Waals surface area contributed by atoms with E-state index >= 15 is 0 Å². The van der Waals surface area contributed by atoms with Gasteiger partial charge in [-0.2, -0.15) is 0 Å². The van der Waals surface area contributed by atoms with E-state index in [1.54, 1.807) is 35.2 Å². The molecule has 0 bridgehead atoms. The summed E-state index contributed by atoms with van der Waals surface area (Å²) in [7, 11) is 0. The molecule has 13 heteroatoms. The van der Waals surface area contributed by atoms with Gasteiger partial charge >= 0.3 is 0 Å². The molecule has 0 unspecified atom stereocenters. The largest absolute Gasteiger partial charge is 0.392 e. The number of carbonyl (C=O) groups excluding carboxylic acids is 1. The molecule has 1 saturated heterocycles. The lowest BCUT2D eigenvalue weighted by Crippen LogP contribution is -2.31. The van der Waals surface area contributed by atoms with Crippen molar-refractivity contribution in [2.24, 2.45) is 0 Å². The Labute approximate surface area is 261 Å². The Morgan fingerprint density at radius 3 is 2.18 bits per heavy atom. The van der Waals surface area contributed by atoms with Crippen LogP contribution in [-0.4, -0.2) is 27.9 Å². The predicted molar refractivity (Wildman–Crippen MR) is 159 cm³/mol. The summed E-state index contributed by atoms with van der Waals surface area (Å²) in [6, 6.07) is 21.2. The minimum atomic E-state index is -2.35. The fourth-order valence-corrected chi connectivity index (χ4v) is 6.93. The van der Waals surface area contributed by atoms with Crippen LogP contribution >= 0.6 is 23.1 Å². The lowest BCUT2D eigenvalue weighted by atomic mass is 10.0. The fraction of sp³-hybridized carbons (Fsp3) is 0.188. The lowest BCUT2D eigenvalue weighted by molar-refractivity contribution is -0.245. The highest BCUT2D eigenvalue weighted by atomic mass is 32.2. The molecule has 2 heterocycles. The number of amides is 1. The molecule has 5 aromatic rings. The van der Waals surface area contributed by atoms with Gasteiger partial charge < -0.3 is 19.9 Å². The number of halogens is 5. The number of aromatic nitrogens is 1. The summed E-state index contributed by atoms with van der Waals surface area (Å²) in [5.74, 6) is -12.1. The molecule has 1 fully saturated rings. The topological polar surface area (TPSA) is 80.7 Å². The number of fused-ring (bicyclic) bond motifs is 1. The predicted octanol–water partition coefficient (Wildman–Crippen LogP) is 8.07. The summed E-state index contributed by atoms with van der Waals surface area (Å²) >= 11 is 3.17. The van der Waals surface area contributed by atoms with Gasteiger partial charge in [0.1, 0.15) is 5.56 Å². The molecule has 6 rings (SSSR count). The second kappa shape index (κ2) is 13.2. The first-order valence-corrected chi connectivity index (χ1v) is 15.4. The molecule has 45 heavy (non-hydrogen) atoms. The summed E-state index contributed by atoms with van der Waals surface area (Å²) in [5.41, 5.74) is 1.59. The maximum atomic E-state index is 14.1. The van der Waals surface area contributed by atoms with Gasteiger partial charge in [0.05, 0.1) is 29.0 Å². The van der Waals surface area contributed by atoms with Crippen molar-refractivity contribution in [1.82, 2.24) is 4.98 Å². The monoisotopic (exact) mass is 658 g/mol. The van der Waals surface area contributed by atoms with E-state index in [0.717, 1.165) is 25.7 Å². The zero-order valence-corrected chi connectivity index (χ0v) is 24.7. The molecule has 0 aliphatic carbocycles. The summed E-state index contributed by atoms with van der Waals surface area (Å²) in [4.78, 5) is 17.2. The van der Waals surface area contributed by atoms with Crippen LogP contribution in [0.25, 0.3) is 10.2 Å². The molecule has 6 nitrogen and oxygen atoms in total. The Morgan fingerprint density at radius 1 is 0.867 bits per heavy atom. The number of nitrogens with zero attached hydrogens (tertiary/aromatic N) is 1. The van der Waals surface area contributed by atoms with Crippen molar-refractivity contribution >= 4 is 44.9 Å². The number of aliphatic hydroxyl groups excluding tert-OH is 1. The second-order valence-corrected chi connectivity index (χ2v) is 12.4. The third-order valence-corrected chi connectivity index (χ3v) is 9.47. The Balaban J connectivity index is 1.20. The highest BCUT2D eigenvalue weighted by molar-refractivity contribution is 8.01. The van der Waals surface area contributed by atoms with E-state index in [1.165, 1.54) is 12.1 Å². The number of nitrogens with one attached hydrogen (secondary N) is 1. The van der Waals surface area contributed by atoms with Crippen LogP contribution in [0.15, 0.2) is 77.1 Å². The standard InChI is InChI=1S/C32H23F5N2O4S2/c33-25-24(26(34)28(36)29(37)27(25)35)30(41)38-19-11-9-18(10-12-19)31-42-20(13-22(43-31)17-7-5-16(14-40)6-8-17)15-44-32-39-21-3-1-2-4-23(21)45-32/h1-12,20,22,31,40H,13-15H2,(H,38,41)/t20-,22+,31+/m1/s1. The Morgan fingerprint density at radius 2 is 1.51 bits per heavy atom. The average Bonchev–Trinajstić information content (AvgIpc) is 3.49. The molecule has 0 saturated carbocycles. The van der Waals surface area contributed by atoms with Crippen LogP contribution in [0.3, 0.4) is 0 Å². The van der Waals surface area contributed by atoms with Crippen LogP contribution in [0.2, 0.25) is 0 Å². The maximum absolute atomic E-state index is 14.1. The van der Waals surface area contributed by atoms with Crippen molar-refractivity contribution in [3.63, 3.8) is 0 Å². The summed E-state index contributed by atoms with van der Waals surface area (Å²) in [6.07, 6.45) is -0.895. The lowest BCUT2D eigenvalue weighted by Gasteiger charge is -2.36. The Hall–Kier alpha value is -3.88. The number of thiazole rings is 1. The number of hydrogen-bond acceptors (Lipinski definition) is 7. The molecule has 2 N–H and O–H groups in total. The van der Waals surface area contributed by atoms with Crippen molar-refractivity contribution in [2.75, 3.05) is 11.1 Å². The average molecular weight is 659 g/mol. The highest BCUT2D eigenvalue weighted by Gasteiger charge is 2.33. The minimum absolute atomic E-state index is 0.0441. The van der Waals surface area contributed by atoms with Gasteiger partial charge in [0, 0.05) is 23.4 Å². The molecule has 4 aromatic carbocycles. The van der Waals surface area contributed by atoms with Crippen LogP contribution in [-0.2, 0) is 16.1 Å². The third kappa shape index (κ3) is 6.58. The van der Waals surface area contributed by atoms with Gasteiger partial charge in [-0.1, -0.05) is 60.3 Å². The molecule has 232 valence electrons. The number of benzene rings is 4. The van der Waals surface area contributed by atoms with Crippen molar-refractivity contribution in [3.05, 3.63) is 124 Å². The maximum Gasteiger partial charge on any atom is 0.261 e. The molecular weight excluding hydrogens is 635 g/mol. The van der Waals surface area contributed by atoms with E-state index < -0.39 is 46.8 Å². The van der Waals surface area contributed by atoms with Crippen LogP contribution in [0.4, 0.5) is 27.6 Å². The fourth-order valence-electron chi connectivity index (χ4n) is 4.82. The van der Waals surface area contributed by atoms with Gasteiger partial charge in [-0.05, 0) is 35.4 Å². The van der Waals surface area contributed by atoms with E-state index in [2.05, 4.69) is 10.3 Å². The quantitative estimate of drug-likeness (QED) is 0.0760. The van der Waals surface area contributed by atoms with Crippen LogP contribution in [0.1, 0.15) is 45.9 Å². The van der Waals surface area contributed by atoms with Gasteiger partial charge in [-0.25, -0.2) is 26.9 Å². The second-order valence-electron chi connectivity index (χ2n) is 10.1. The van der Waals surface area contributed by atoms with Crippen molar-refractivity contribution in [3.8, 4) is 0 Å². The van der Waals surface area contributed by atoms with E-state index in [1.807, 2.05) is 48.5 Å². The first-order valence-electron chi connectivity index (χ1n) is 13.6. The first-order chi connectivity index (χ1) is 21.7. The van der Waals surface area contributed by atoms with E-state index in [-0.39, 0.29) is 24.5 Å². The number of ether oxygens (including phenoxy) is 2. The van der Waals surface area contributed by atoms with Gasteiger partial charge in [0.2, 0.25) is 5.82 Å². The molecule has 1 aromatic heterocycles. The van der Waals surface area contributed by atoms with E-state index in [0.29, 0.717) is 17.7 Å². The number of anilines is 1. The highest BCUT2D eigenvalue weighted by Crippen LogP contribution is 2.40. The Bertz CT molecular complexity index is 1790. The number of rotatable bonds is 8. The number of carbonyl (C=O) groups is 1. The van der Waals surface area contributed by atoms with Crippen LogP contribution in [0, 0.1) is 29.1 Å². The summed E-state index contributed by atoms with van der Waals surface area (Å²) in [5, 5.41) is 11.6. The van der Waals surface area contributed by atoms with Gasteiger partial charge in [-0.15, -0.1) is 11.3 Å². The normalized spacial score (nSPS) is 18.3. The van der Waals surface area contributed by atoms with E-state index in [9.17, 15) is 31.9 Å². The van der Waals surface area contributed by atoms with Crippen molar-refractivity contribution < 1.29 is 41.3 Å². The zero-order valence-electron chi connectivity index (χ0n) is 23.1. The third-order valence-electron chi connectivity index (χ3n) is 7.16. The Kier molecular flexibility index (Phi) is 9.15. The number of hydrogen-bond donors (Lipinski definition) is 2. The summed E-state index contributed by atoms with van der Waals surface area (Å²) in [6.45, 7) is -0.0911. The zero-order chi connectivity index (χ0) is 31.7. The molecule has 0 radical (unpaired) electrons. The summed E-state index contributed by atoms with van der Waals surface area (Å²) < 4.78 is 83.4. The number of thioether (sulfide) groups is 1. The number of aliphatic hydroxyl groups is 1. The SMILES string of the molecule is O=C(Nc1ccc([C@H]2O[C@@H](CSc3nc4ccccc4s3)C[C@@H](c3ccc(CO)cc3)O2)cc1)c1c(F)c(F)c(F)c(F)c1F.